The van der Waals surface area contributed by atoms with E-state index in [1.54, 1.807) is 0 Å². The Labute approximate surface area is 49.1 Å². The van der Waals surface area contributed by atoms with E-state index in [1.165, 1.54) is 7.11 Å². The summed E-state index contributed by atoms with van der Waals surface area (Å²) in [5, 5.41) is 0. The largest absolute Gasteiger partial charge is 0.493 e. The van der Waals surface area contributed by atoms with Crippen LogP contribution in [0.15, 0.2) is 11.3 Å². The Balaban J connectivity index is 4.07. The smallest absolute Gasteiger partial charge is 0.184 e. The summed E-state index contributed by atoms with van der Waals surface area (Å²) in [5.41, 5.74) is 0.905. The molecule has 46 valence electrons. The standard InChI is InChI=1S/C6H10O2/c1-5(2)6(4-7)8-3/h4H,1-3H3. The molecule has 0 radical (unpaired) electrons. The van der Waals surface area contributed by atoms with Crippen LogP contribution in [0.3, 0.4) is 0 Å². The molecule has 0 N–H and O–H groups in total. The zero-order valence-corrected chi connectivity index (χ0v) is 5.39. The molecule has 0 aromatic heterocycles. The summed E-state index contributed by atoms with van der Waals surface area (Å²) in [5.74, 6) is 0.421. The van der Waals surface area contributed by atoms with Crippen molar-refractivity contribution in [3.8, 4) is 0 Å². The van der Waals surface area contributed by atoms with Gasteiger partial charge in [-0.15, -0.1) is 0 Å². The Morgan fingerprint density at radius 3 is 2.00 bits per heavy atom. The Hall–Kier alpha value is -0.790. The van der Waals surface area contributed by atoms with Gasteiger partial charge in [0.15, 0.2) is 12.0 Å². The van der Waals surface area contributed by atoms with Gasteiger partial charge in [0.1, 0.15) is 0 Å². The molecule has 0 bridgehead atoms. The third-order valence-corrected chi connectivity index (χ3v) is 0.820. The van der Waals surface area contributed by atoms with Crippen LogP contribution in [0.2, 0.25) is 0 Å². The van der Waals surface area contributed by atoms with Crippen LogP contribution in [-0.2, 0) is 9.53 Å². The third kappa shape index (κ3) is 1.78. The Morgan fingerprint density at radius 1 is 1.50 bits per heavy atom. The molecule has 8 heavy (non-hydrogen) atoms. The van der Waals surface area contributed by atoms with E-state index >= 15 is 0 Å². The predicted molar refractivity (Wildman–Crippen MR) is 31.4 cm³/mol. The van der Waals surface area contributed by atoms with Gasteiger partial charge in [-0.3, -0.25) is 4.79 Å². The number of ether oxygens (including phenoxy) is 1. The molecule has 0 amide bonds. The molecule has 0 atom stereocenters. The fourth-order valence-corrected chi connectivity index (χ4v) is 0.370. The van der Waals surface area contributed by atoms with E-state index in [4.69, 9.17) is 0 Å². The van der Waals surface area contributed by atoms with Gasteiger partial charge < -0.3 is 4.74 Å². The van der Waals surface area contributed by atoms with Crippen molar-refractivity contribution in [2.24, 2.45) is 0 Å². The van der Waals surface area contributed by atoms with Crippen LogP contribution in [0.4, 0.5) is 0 Å². The molecular formula is C6H10O2. The third-order valence-electron chi connectivity index (χ3n) is 0.820. The topological polar surface area (TPSA) is 26.3 Å². The molecule has 0 aromatic rings. The maximum Gasteiger partial charge on any atom is 0.184 e. The summed E-state index contributed by atoms with van der Waals surface area (Å²) in [7, 11) is 1.48. The zero-order chi connectivity index (χ0) is 6.57. The van der Waals surface area contributed by atoms with Crippen molar-refractivity contribution in [1.29, 1.82) is 0 Å². The lowest BCUT2D eigenvalue weighted by Crippen LogP contribution is -1.89. The molecule has 0 spiro atoms. The summed E-state index contributed by atoms with van der Waals surface area (Å²) >= 11 is 0. The van der Waals surface area contributed by atoms with Crippen molar-refractivity contribution in [2.75, 3.05) is 7.11 Å². The highest BCUT2D eigenvalue weighted by molar-refractivity contribution is 5.71. The average molecular weight is 114 g/mol. The maximum atomic E-state index is 9.99. The minimum absolute atomic E-state index is 0.421. The van der Waals surface area contributed by atoms with E-state index in [1.807, 2.05) is 13.8 Å². The molecule has 2 heteroatoms. The van der Waals surface area contributed by atoms with Crippen molar-refractivity contribution in [3.63, 3.8) is 0 Å². The lowest BCUT2D eigenvalue weighted by Gasteiger charge is -1.96. The van der Waals surface area contributed by atoms with Gasteiger partial charge in [0.05, 0.1) is 7.11 Å². The van der Waals surface area contributed by atoms with Gasteiger partial charge in [0.25, 0.3) is 0 Å². The van der Waals surface area contributed by atoms with Crippen LogP contribution >= 0.6 is 0 Å². The Bertz CT molecular complexity index is 110. The van der Waals surface area contributed by atoms with Gasteiger partial charge in [-0.05, 0) is 19.4 Å². The quantitative estimate of drug-likeness (QED) is 0.305. The molecule has 0 aliphatic rings. The highest BCUT2D eigenvalue weighted by Crippen LogP contribution is 1.98. The first-order valence-corrected chi connectivity index (χ1v) is 2.39. The van der Waals surface area contributed by atoms with Crippen LogP contribution in [0.1, 0.15) is 13.8 Å². The van der Waals surface area contributed by atoms with Crippen LogP contribution in [0.5, 0.6) is 0 Å². The fourth-order valence-electron chi connectivity index (χ4n) is 0.370. The van der Waals surface area contributed by atoms with Crippen LogP contribution in [0, 0.1) is 0 Å². The molecule has 0 heterocycles. The van der Waals surface area contributed by atoms with Crippen LogP contribution in [0.25, 0.3) is 0 Å². The lowest BCUT2D eigenvalue weighted by molar-refractivity contribution is -0.107. The molecule has 0 rings (SSSR count). The number of aldehydes is 1. The highest BCUT2D eigenvalue weighted by Gasteiger charge is 1.91. The number of allylic oxidation sites excluding steroid dienone is 2. The van der Waals surface area contributed by atoms with E-state index < -0.39 is 0 Å². The summed E-state index contributed by atoms with van der Waals surface area (Å²) in [6.45, 7) is 3.65. The Morgan fingerprint density at radius 2 is 2.00 bits per heavy atom. The van der Waals surface area contributed by atoms with E-state index in [2.05, 4.69) is 4.74 Å². The van der Waals surface area contributed by atoms with Crippen molar-refractivity contribution in [1.82, 2.24) is 0 Å². The van der Waals surface area contributed by atoms with Crippen molar-refractivity contribution >= 4 is 6.29 Å². The first-order valence-electron chi connectivity index (χ1n) is 2.39. The number of carbonyl (C=O) groups is 1. The summed E-state index contributed by atoms with van der Waals surface area (Å²) < 4.78 is 4.67. The minimum Gasteiger partial charge on any atom is -0.493 e. The minimum atomic E-state index is 0.421. The molecule has 0 saturated heterocycles. The number of hydrogen-bond acceptors (Lipinski definition) is 2. The monoisotopic (exact) mass is 114 g/mol. The number of methoxy groups -OCH3 is 1. The van der Waals surface area contributed by atoms with Gasteiger partial charge in [0, 0.05) is 0 Å². The molecule has 2 nitrogen and oxygen atoms in total. The van der Waals surface area contributed by atoms with Gasteiger partial charge in [-0.25, -0.2) is 0 Å². The summed E-state index contributed by atoms with van der Waals surface area (Å²) in [6.07, 6.45) is 0.704. The zero-order valence-electron chi connectivity index (χ0n) is 5.39. The van der Waals surface area contributed by atoms with E-state index in [0.717, 1.165) is 5.57 Å². The van der Waals surface area contributed by atoms with E-state index in [0.29, 0.717) is 12.0 Å². The molecule has 0 aliphatic heterocycles. The average Bonchev–Trinajstić information content (AvgIpc) is 1.69. The lowest BCUT2D eigenvalue weighted by atomic mass is 10.3. The first-order chi connectivity index (χ1) is 3.72. The van der Waals surface area contributed by atoms with Crippen molar-refractivity contribution < 1.29 is 9.53 Å². The van der Waals surface area contributed by atoms with Gasteiger partial charge in [-0.2, -0.15) is 0 Å². The predicted octanol–water partition coefficient (Wildman–Crippen LogP) is 1.13. The summed E-state index contributed by atoms with van der Waals surface area (Å²) in [4.78, 5) is 9.99. The molecule has 0 aromatic carbocycles. The molecule has 0 fully saturated rings. The maximum absolute atomic E-state index is 9.99. The Kier molecular flexibility index (Phi) is 2.92. The normalized spacial score (nSPS) is 7.88. The second-order valence-corrected chi connectivity index (χ2v) is 1.69. The molecular weight excluding hydrogens is 104 g/mol. The number of rotatable bonds is 2. The SMILES string of the molecule is COC(C=O)=C(C)C. The van der Waals surface area contributed by atoms with E-state index in [-0.39, 0.29) is 0 Å². The van der Waals surface area contributed by atoms with Gasteiger partial charge in [0.2, 0.25) is 0 Å². The number of hydrogen-bond donors (Lipinski definition) is 0. The van der Waals surface area contributed by atoms with Crippen LogP contribution in [-0.4, -0.2) is 13.4 Å². The van der Waals surface area contributed by atoms with Gasteiger partial charge >= 0.3 is 0 Å². The second kappa shape index (κ2) is 3.24. The van der Waals surface area contributed by atoms with Crippen LogP contribution < -0.4 is 0 Å². The van der Waals surface area contributed by atoms with E-state index in [9.17, 15) is 4.79 Å². The molecule has 0 aliphatic carbocycles. The molecule has 0 unspecified atom stereocenters. The molecule has 0 saturated carbocycles. The van der Waals surface area contributed by atoms with Crippen molar-refractivity contribution in [3.05, 3.63) is 11.3 Å². The fraction of sp³-hybridized carbons (Fsp3) is 0.500. The number of carbonyl (C=O) groups excluding carboxylic acids is 1. The summed E-state index contributed by atoms with van der Waals surface area (Å²) in [6, 6.07) is 0. The second-order valence-electron chi connectivity index (χ2n) is 1.69. The first kappa shape index (κ1) is 7.21. The highest BCUT2D eigenvalue weighted by atomic mass is 16.5. The van der Waals surface area contributed by atoms with Gasteiger partial charge in [-0.1, -0.05) is 0 Å². The van der Waals surface area contributed by atoms with Crippen molar-refractivity contribution in [2.45, 2.75) is 13.8 Å².